The van der Waals surface area contributed by atoms with Crippen LogP contribution in [0.25, 0.3) is 4.85 Å². The predicted molar refractivity (Wildman–Crippen MR) is 52.0 cm³/mol. The molecule has 0 aliphatic rings. The number of rotatable bonds is 1. The zero-order valence-electron chi connectivity index (χ0n) is 5.97. The molecule has 11 heavy (non-hydrogen) atoms. The highest BCUT2D eigenvalue weighted by Gasteiger charge is 1.99. The molecule has 0 saturated heterocycles. The summed E-state index contributed by atoms with van der Waals surface area (Å²) in [5.74, 6) is 0.793. The Hall–Kier alpha value is -0.760. The second kappa shape index (κ2) is 3.58. The number of nitrogens with zero attached hydrogens (tertiary/aromatic N) is 1. The van der Waals surface area contributed by atoms with Crippen LogP contribution in [0.3, 0.4) is 0 Å². The van der Waals surface area contributed by atoms with E-state index in [0.717, 1.165) is 9.32 Å². The van der Waals surface area contributed by atoms with Crippen molar-refractivity contribution in [1.29, 1.82) is 0 Å². The zero-order chi connectivity index (χ0) is 8.27. The quantitative estimate of drug-likeness (QED) is 0.558. The van der Waals surface area contributed by atoms with Crippen LogP contribution in [-0.2, 0) is 0 Å². The fourth-order valence-electron chi connectivity index (χ4n) is 0.705. The van der Waals surface area contributed by atoms with Gasteiger partial charge in [0.25, 0.3) is 0 Å². The van der Waals surface area contributed by atoms with Crippen molar-refractivity contribution in [3.05, 3.63) is 33.2 Å². The third kappa shape index (κ3) is 1.84. The van der Waals surface area contributed by atoms with Gasteiger partial charge in [-0.05, 0) is 12.1 Å². The van der Waals surface area contributed by atoms with Crippen LogP contribution in [0.1, 0.15) is 0 Å². The molecule has 0 heterocycles. The molecule has 0 unspecified atom stereocenters. The molecule has 0 atom stereocenters. The van der Waals surface area contributed by atoms with Gasteiger partial charge in [-0.1, -0.05) is 28.7 Å². The Bertz CT molecular complexity index is 303. The van der Waals surface area contributed by atoms with E-state index >= 15 is 0 Å². The maximum atomic E-state index is 6.79. The van der Waals surface area contributed by atoms with Gasteiger partial charge in [0, 0.05) is 3.57 Å². The molecule has 3 heteroatoms. The topological polar surface area (TPSA) is 13.6 Å². The molecule has 0 aromatic heterocycles. The summed E-state index contributed by atoms with van der Waals surface area (Å²) in [6.45, 7) is 6.79. The van der Waals surface area contributed by atoms with Gasteiger partial charge in [-0.3, -0.25) is 0 Å². The lowest BCUT2D eigenvalue weighted by Crippen LogP contribution is -1.82. The molecular weight excluding hydrogens is 253 g/mol. The number of ether oxygens (including phenoxy) is 1. The van der Waals surface area contributed by atoms with Crippen molar-refractivity contribution in [3.63, 3.8) is 0 Å². The van der Waals surface area contributed by atoms with Gasteiger partial charge in [-0.2, -0.15) is 0 Å². The highest BCUT2D eigenvalue weighted by Crippen LogP contribution is 2.25. The average Bonchev–Trinajstić information content (AvgIpc) is 2.04. The van der Waals surface area contributed by atoms with Crippen molar-refractivity contribution in [1.82, 2.24) is 0 Å². The van der Waals surface area contributed by atoms with Crippen LogP contribution in [0.5, 0.6) is 5.75 Å². The molecule has 0 spiro atoms. The minimum absolute atomic E-state index is 0.673. The van der Waals surface area contributed by atoms with E-state index < -0.39 is 0 Å². The van der Waals surface area contributed by atoms with Crippen LogP contribution < -0.4 is 4.74 Å². The third-order valence-corrected chi connectivity index (χ3v) is 2.14. The Balaban J connectivity index is 3.12. The first-order valence-electron chi connectivity index (χ1n) is 2.99. The summed E-state index contributed by atoms with van der Waals surface area (Å²) in [4.78, 5) is 3.33. The normalized spacial score (nSPS) is 8.82. The molecule has 56 valence electrons. The molecule has 1 aromatic rings. The maximum Gasteiger partial charge on any atom is 0.200 e. The molecule has 0 aliphatic heterocycles. The van der Waals surface area contributed by atoms with E-state index in [9.17, 15) is 0 Å². The highest BCUT2D eigenvalue weighted by atomic mass is 127. The van der Waals surface area contributed by atoms with Crippen LogP contribution in [-0.4, -0.2) is 7.11 Å². The summed E-state index contributed by atoms with van der Waals surface area (Å²) in [6, 6.07) is 5.39. The lowest BCUT2D eigenvalue weighted by Gasteiger charge is -2.00. The van der Waals surface area contributed by atoms with Crippen molar-refractivity contribution in [2.45, 2.75) is 0 Å². The Morgan fingerprint density at radius 2 is 2.27 bits per heavy atom. The Morgan fingerprint density at radius 3 is 2.73 bits per heavy atom. The minimum atomic E-state index is 0.673. The molecular formula is C8H6INO. The van der Waals surface area contributed by atoms with Crippen LogP contribution in [0.2, 0.25) is 0 Å². The number of halogens is 1. The summed E-state index contributed by atoms with van der Waals surface area (Å²) in [5.41, 5.74) is 0.673. The van der Waals surface area contributed by atoms with Gasteiger partial charge in [-0.15, -0.1) is 0 Å². The van der Waals surface area contributed by atoms with E-state index in [4.69, 9.17) is 11.3 Å². The molecule has 0 aliphatic carbocycles. The van der Waals surface area contributed by atoms with E-state index in [0.29, 0.717) is 5.69 Å². The van der Waals surface area contributed by atoms with E-state index in [1.54, 1.807) is 19.2 Å². The largest absolute Gasteiger partial charge is 0.497 e. The van der Waals surface area contributed by atoms with Gasteiger partial charge in [-0.25, -0.2) is 4.85 Å². The molecule has 1 aromatic carbocycles. The van der Waals surface area contributed by atoms with Crippen molar-refractivity contribution >= 4 is 28.3 Å². The summed E-state index contributed by atoms with van der Waals surface area (Å²) in [7, 11) is 1.61. The number of hydrogen-bond acceptors (Lipinski definition) is 1. The summed E-state index contributed by atoms with van der Waals surface area (Å²) in [5, 5.41) is 0. The maximum absolute atomic E-state index is 6.79. The van der Waals surface area contributed by atoms with Gasteiger partial charge >= 0.3 is 0 Å². The standard InChI is InChI=1S/C8H6INO/c1-10-8-4-3-6(11-2)5-7(8)9/h3-5H,2H3. The Labute approximate surface area is 79.1 Å². The van der Waals surface area contributed by atoms with Gasteiger partial charge in [0.15, 0.2) is 0 Å². The molecule has 0 bridgehead atoms. The smallest absolute Gasteiger partial charge is 0.200 e. The van der Waals surface area contributed by atoms with Crippen LogP contribution >= 0.6 is 22.6 Å². The SMILES string of the molecule is [C-]#[N+]c1ccc(OC)cc1I. The second-order valence-corrected chi connectivity index (χ2v) is 3.09. The van der Waals surface area contributed by atoms with Crippen LogP contribution in [0, 0.1) is 10.1 Å². The third-order valence-electron chi connectivity index (χ3n) is 1.28. The first kappa shape index (κ1) is 8.34. The van der Waals surface area contributed by atoms with Crippen molar-refractivity contribution < 1.29 is 4.74 Å². The van der Waals surface area contributed by atoms with Crippen molar-refractivity contribution in [2.75, 3.05) is 7.11 Å². The fourth-order valence-corrected chi connectivity index (χ4v) is 1.31. The number of hydrogen-bond donors (Lipinski definition) is 0. The second-order valence-electron chi connectivity index (χ2n) is 1.93. The van der Waals surface area contributed by atoms with Crippen LogP contribution in [0.4, 0.5) is 5.69 Å². The van der Waals surface area contributed by atoms with E-state index in [2.05, 4.69) is 27.4 Å². The molecule has 1 rings (SSSR count). The van der Waals surface area contributed by atoms with E-state index in [-0.39, 0.29) is 0 Å². The van der Waals surface area contributed by atoms with E-state index in [1.807, 2.05) is 6.07 Å². The first-order chi connectivity index (χ1) is 5.27. The lowest BCUT2D eigenvalue weighted by molar-refractivity contribution is 0.414. The van der Waals surface area contributed by atoms with Gasteiger partial charge in [0.2, 0.25) is 5.69 Å². The lowest BCUT2D eigenvalue weighted by atomic mass is 10.3. The molecule has 0 N–H and O–H groups in total. The zero-order valence-corrected chi connectivity index (χ0v) is 8.12. The van der Waals surface area contributed by atoms with Gasteiger partial charge < -0.3 is 4.74 Å². The molecule has 2 nitrogen and oxygen atoms in total. The van der Waals surface area contributed by atoms with Gasteiger partial charge in [0.1, 0.15) is 5.75 Å². The van der Waals surface area contributed by atoms with Crippen LogP contribution in [0.15, 0.2) is 18.2 Å². The Kier molecular flexibility index (Phi) is 2.71. The van der Waals surface area contributed by atoms with Gasteiger partial charge in [0.05, 0.1) is 13.7 Å². The van der Waals surface area contributed by atoms with E-state index in [1.165, 1.54) is 0 Å². The summed E-state index contributed by atoms with van der Waals surface area (Å²) < 4.78 is 5.91. The predicted octanol–water partition coefficient (Wildman–Crippen LogP) is 2.85. The number of methoxy groups -OCH3 is 1. The summed E-state index contributed by atoms with van der Waals surface area (Å²) in [6.07, 6.45) is 0. The monoisotopic (exact) mass is 259 g/mol. The minimum Gasteiger partial charge on any atom is -0.497 e. The molecule has 0 saturated carbocycles. The summed E-state index contributed by atoms with van der Waals surface area (Å²) >= 11 is 2.12. The first-order valence-corrected chi connectivity index (χ1v) is 4.07. The molecule has 0 fully saturated rings. The molecule has 0 amide bonds. The average molecular weight is 259 g/mol. The fraction of sp³-hybridized carbons (Fsp3) is 0.125. The van der Waals surface area contributed by atoms with Crippen molar-refractivity contribution in [3.8, 4) is 5.75 Å². The molecule has 0 radical (unpaired) electrons. The van der Waals surface area contributed by atoms with Crippen molar-refractivity contribution in [2.24, 2.45) is 0 Å². The number of benzene rings is 1. The highest BCUT2D eigenvalue weighted by molar-refractivity contribution is 14.1. The Morgan fingerprint density at radius 1 is 1.55 bits per heavy atom.